The van der Waals surface area contributed by atoms with E-state index >= 15 is 0 Å². The van der Waals surface area contributed by atoms with Gasteiger partial charge >= 0.3 is 0 Å². The molecule has 0 bridgehead atoms. The third-order valence-electron chi connectivity index (χ3n) is 3.00. The van der Waals surface area contributed by atoms with Gasteiger partial charge in [-0.1, -0.05) is 6.92 Å². The number of hydrogen-bond acceptors (Lipinski definition) is 4. The van der Waals surface area contributed by atoms with Crippen LogP contribution in [0.1, 0.15) is 32.4 Å². The summed E-state index contributed by atoms with van der Waals surface area (Å²) in [5.74, 6) is 0.973. The normalized spacial score (nSPS) is 13.0. The molecule has 1 heterocycles. The average Bonchev–Trinajstić information content (AvgIpc) is 2.55. The summed E-state index contributed by atoms with van der Waals surface area (Å²) in [5, 5.41) is 7.96. The van der Waals surface area contributed by atoms with Crippen LogP contribution in [0.4, 0.5) is 11.5 Å². The first kappa shape index (κ1) is 14.8. The number of nitrogens with two attached hydrogens (primary N) is 1. The van der Waals surface area contributed by atoms with E-state index in [1.165, 1.54) is 0 Å². The third-order valence-corrected chi connectivity index (χ3v) is 3.00. The van der Waals surface area contributed by atoms with Gasteiger partial charge in [0.15, 0.2) is 0 Å². The molecule has 104 valence electrons. The minimum atomic E-state index is 0.390. The van der Waals surface area contributed by atoms with Gasteiger partial charge < -0.3 is 16.0 Å². The molecule has 1 aromatic heterocycles. The molecule has 1 atom stereocenters. The molecule has 0 radical (unpaired) electrons. The highest BCUT2D eigenvalue weighted by Crippen LogP contribution is 2.23. The van der Waals surface area contributed by atoms with Gasteiger partial charge in [0, 0.05) is 12.6 Å². The van der Waals surface area contributed by atoms with E-state index in [1.807, 2.05) is 11.6 Å². The SMILES string of the molecule is CCCn1nc(C)c(N)c1NC(C)CCN(C)C. The number of nitrogens with zero attached hydrogens (tertiary/aromatic N) is 3. The summed E-state index contributed by atoms with van der Waals surface area (Å²) in [5.41, 5.74) is 7.77. The van der Waals surface area contributed by atoms with E-state index in [1.54, 1.807) is 0 Å². The van der Waals surface area contributed by atoms with Crippen LogP contribution in [0.15, 0.2) is 0 Å². The Kier molecular flexibility index (Phi) is 5.47. The summed E-state index contributed by atoms with van der Waals surface area (Å²) < 4.78 is 1.98. The molecule has 0 saturated carbocycles. The zero-order valence-electron chi connectivity index (χ0n) is 12.3. The lowest BCUT2D eigenvalue weighted by Gasteiger charge is -2.19. The molecular weight excluding hydrogens is 226 g/mol. The number of aryl methyl sites for hydroxylation is 2. The number of rotatable bonds is 7. The van der Waals surface area contributed by atoms with Gasteiger partial charge in [0.05, 0.1) is 11.4 Å². The number of anilines is 2. The summed E-state index contributed by atoms with van der Waals surface area (Å²) in [6.45, 7) is 8.25. The van der Waals surface area contributed by atoms with Gasteiger partial charge in [-0.15, -0.1) is 0 Å². The van der Waals surface area contributed by atoms with Gasteiger partial charge in [-0.2, -0.15) is 5.10 Å². The first-order valence-electron chi connectivity index (χ1n) is 6.69. The van der Waals surface area contributed by atoms with Gasteiger partial charge in [-0.3, -0.25) is 0 Å². The van der Waals surface area contributed by atoms with E-state index in [-0.39, 0.29) is 0 Å². The Labute approximate surface area is 110 Å². The van der Waals surface area contributed by atoms with Crippen molar-refractivity contribution in [3.05, 3.63) is 5.69 Å². The van der Waals surface area contributed by atoms with E-state index < -0.39 is 0 Å². The van der Waals surface area contributed by atoms with Crippen LogP contribution >= 0.6 is 0 Å². The van der Waals surface area contributed by atoms with Gasteiger partial charge in [-0.05, 0) is 47.3 Å². The fourth-order valence-electron chi connectivity index (χ4n) is 1.88. The van der Waals surface area contributed by atoms with Crippen molar-refractivity contribution < 1.29 is 0 Å². The Bertz CT molecular complexity index is 370. The van der Waals surface area contributed by atoms with Crippen LogP contribution in [0.5, 0.6) is 0 Å². The Morgan fingerprint density at radius 3 is 2.67 bits per heavy atom. The molecule has 0 aliphatic carbocycles. The van der Waals surface area contributed by atoms with Crippen molar-refractivity contribution in [3.63, 3.8) is 0 Å². The first-order chi connectivity index (χ1) is 8.45. The molecule has 3 N–H and O–H groups in total. The van der Waals surface area contributed by atoms with E-state index in [0.717, 1.165) is 43.1 Å². The molecule has 0 aromatic carbocycles. The summed E-state index contributed by atoms with van der Waals surface area (Å²) in [6, 6.07) is 0.390. The highest BCUT2D eigenvalue weighted by atomic mass is 15.3. The zero-order valence-corrected chi connectivity index (χ0v) is 12.3. The second-order valence-corrected chi connectivity index (χ2v) is 5.21. The largest absolute Gasteiger partial charge is 0.394 e. The number of nitrogens with one attached hydrogen (secondary N) is 1. The topological polar surface area (TPSA) is 59.1 Å². The lowest BCUT2D eigenvalue weighted by atomic mass is 10.2. The Hall–Kier alpha value is -1.23. The maximum Gasteiger partial charge on any atom is 0.148 e. The van der Waals surface area contributed by atoms with Gasteiger partial charge in [0.25, 0.3) is 0 Å². The molecule has 5 nitrogen and oxygen atoms in total. The van der Waals surface area contributed by atoms with Crippen molar-refractivity contribution in [1.29, 1.82) is 0 Å². The minimum absolute atomic E-state index is 0.390. The molecule has 0 fully saturated rings. The van der Waals surface area contributed by atoms with Crippen LogP contribution in [-0.4, -0.2) is 41.4 Å². The number of aromatic nitrogens is 2. The van der Waals surface area contributed by atoms with Gasteiger partial charge in [0.2, 0.25) is 0 Å². The Morgan fingerprint density at radius 1 is 1.44 bits per heavy atom. The fraction of sp³-hybridized carbons (Fsp3) is 0.769. The maximum atomic E-state index is 6.08. The predicted molar refractivity (Wildman–Crippen MR) is 77.9 cm³/mol. The molecule has 1 aromatic rings. The minimum Gasteiger partial charge on any atom is -0.394 e. The number of nitrogen functional groups attached to an aromatic ring is 1. The van der Waals surface area contributed by atoms with Gasteiger partial charge in [0.1, 0.15) is 5.82 Å². The van der Waals surface area contributed by atoms with Crippen molar-refractivity contribution in [1.82, 2.24) is 14.7 Å². The molecule has 0 aliphatic heterocycles. The van der Waals surface area contributed by atoms with Crippen LogP contribution in [0.25, 0.3) is 0 Å². The summed E-state index contributed by atoms with van der Waals surface area (Å²) in [6.07, 6.45) is 2.14. The lowest BCUT2D eigenvalue weighted by Crippen LogP contribution is -2.24. The molecule has 0 spiro atoms. The standard InChI is InChI=1S/C13H27N5/c1-6-8-18-13(12(14)11(3)16-18)15-10(2)7-9-17(4)5/h10,15H,6-9,14H2,1-5H3. The summed E-state index contributed by atoms with van der Waals surface area (Å²) in [4.78, 5) is 2.19. The van der Waals surface area contributed by atoms with E-state index in [9.17, 15) is 0 Å². The van der Waals surface area contributed by atoms with Crippen LogP contribution in [-0.2, 0) is 6.54 Å². The maximum absolute atomic E-state index is 6.08. The first-order valence-corrected chi connectivity index (χ1v) is 6.69. The van der Waals surface area contributed by atoms with E-state index in [4.69, 9.17) is 5.73 Å². The van der Waals surface area contributed by atoms with Crippen LogP contribution in [0, 0.1) is 6.92 Å². The number of hydrogen-bond donors (Lipinski definition) is 2. The van der Waals surface area contributed by atoms with Crippen molar-refractivity contribution in [2.24, 2.45) is 0 Å². The monoisotopic (exact) mass is 253 g/mol. The molecule has 0 amide bonds. The van der Waals surface area contributed by atoms with E-state index in [2.05, 4.69) is 43.3 Å². The Morgan fingerprint density at radius 2 is 2.11 bits per heavy atom. The second-order valence-electron chi connectivity index (χ2n) is 5.21. The third kappa shape index (κ3) is 3.91. The highest BCUT2D eigenvalue weighted by Gasteiger charge is 2.14. The summed E-state index contributed by atoms with van der Waals surface area (Å²) in [7, 11) is 4.18. The van der Waals surface area contributed by atoms with Crippen LogP contribution < -0.4 is 11.1 Å². The fourth-order valence-corrected chi connectivity index (χ4v) is 1.88. The zero-order chi connectivity index (χ0) is 13.7. The second kappa shape index (κ2) is 6.64. The van der Waals surface area contributed by atoms with Crippen LogP contribution in [0.2, 0.25) is 0 Å². The predicted octanol–water partition coefficient (Wildman–Crippen LogP) is 1.94. The molecule has 0 saturated heterocycles. The van der Waals surface area contributed by atoms with Crippen molar-refractivity contribution in [2.75, 3.05) is 31.7 Å². The molecule has 5 heteroatoms. The molecule has 18 heavy (non-hydrogen) atoms. The summed E-state index contributed by atoms with van der Waals surface area (Å²) >= 11 is 0. The highest BCUT2D eigenvalue weighted by molar-refractivity contribution is 5.65. The average molecular weight is 253 g/mol. The van der Waals surface area contributed by atoms with Crippen molar-refractivity contribution >= 4 is 11.5 Å². The smallest absolute Gasteiger partial charge is 0.148 e. The quantitative estimate of drug-likeness (QED) is 0.779. The molecule has 1 unspecified atom stereocenters. The Balaban J connectivity index is 2.70. The molecule has 1 rings (SSSR count). The lowest BCUT2D eigenvalue weighted by molar-refractivity contribution is 0.390. The van der Waals surface area contributed by atoms with Gasteiger partial charge in [-0.25, -0.2) is 4.68 Å². The molecule has 0 aliphatic rings. The van der Waals surface area contributed by atoms with Crippen molar-refractivity contribution in [2.45, 2.75) is 46.2 Å². The molecular formula is C13H27N5. The van der Waals surface area contributed by atoms with Crippen molar-refractivity contribution in [3.8, 4) is 0 Å². The van der Waals surface area contributed by atoms with E-state index in [0.29, 0.717) is 6.04 Å². The van der Waals surface area contributed by atoms with Crippen LogP contribution in [0.3, 0.4) is 0 Å².